The summed E-state index contributed by atoms with van der Waals surface area (Å²) in [5.41, 5.74) is 0.882. The van der Waals surface area contributed by atoms with Crippen molar-refractivity contribution in [3.63, 3.8) is 0 Å². The summed E-state index contributed by atoms with van der Waals surface area (Å²) in [6.45, 7) is 6.11. The molecule has 0 saturated carbocycles. The molecule has 1 N–H and O–H groups in total. The summed E-state index contributed by atoms with van der Waals surface area (Å²) in [6, 6.07) is 13.5. The molecule has 2 aromatic carbocycles. The molecule has 0 bridgehead atoms. The molecule has 0 aromatic heterocycles. The highest BCUT2D eigenvalue weighted by Gasteiger charge is 2.42. The molecule has 1 fully saturated rings. The molecule has 0 amide bonds. The maximum Gasteiger partial charge on any atom is 0.416 e. The zero-order chi connectivity index (χ0) is 21.8. The molecule has 6 heteroatoms. The number of methoxy groups -OCH3 is 1. The minimum Gasteiger partial charge on any atom is -0.496 e. The van der Waals surface area contributed by atoms with Crippen LogP contribution in [0.25, 0.3) is 0 Å². The molecule has 3 rings (SSSR count). The lowest BCUT2D eigenvalue weighted by Crippen LogP contribution is -2.45. The highest BCUT2D eigenvalue weighted by molar-refractivity contribution is 5.33. The molecular weight excluding hydrogens is 391 g/mol. The molecule has 1 saturated heterocycles. The summed E-state index contributed by atoms with van der Waals surface area (Å²) in [6.07, 6.45) is -1.95. The fourth-order valence-corrected chi connectivity index (χ4v) is 4.49. The Morgan fingerprint density at radius 2 is 1.77 bits per heavy atom. The largest absolute Gasteiger partial charge is 0.496 e. The van der Waals surface area contributed by atoms with E-state index < -0.39 is 11.7 Å². The monoisotopic (exact) mass is 421 g/mol. The molecular formula is C24H30F3NO2. The Hall–Kier alpha value is -2.05. The Kier molecular flexibility index (Phi) is 6.78. The van der Waals surface area contributed by atoms with E-state index >= 15 is 0 Å². The average molecular weight is 422 g/mol. The van der Waals surface area contributed by atoms with Crippen LogP contribution in [0.4, 0.5) is 13.2 Å². The minimum absolute atomic E-state index is 0.223. The zero-order valence-electron chi connectivity index (χ0n) is 17.8. The summed E-state index contributed by atoms with van der Waals surface area (Å²) in [5, 5.41) is 3.48. The Bertz CT molecular complexity index is 833. The SMILES string of the molecule is COc1ccccc1CNCCC1(c2ccc(C(F)(F)F)cc2)CCOC(C)(C)C1. The van der Waals surface area contributed by atoms with E-state index in [-0.39, 0.29) is 11.0 Å². The molecule has 3 nitrogen and oxygen atoms in total. The van der Waals surface area contributed by atoms with Gasteiger partial charge in [-0.1, -0.05) is 30.3 Å². The number of ether oxygens (including phenoxy) is 2. The van der Waals surface area contributed by atoms with Crippen LogP contribution in [0, 0.1) is 0 Å². The van der Waals surface area contributed by atoms with Gasteiger partial charge in [0.2, 0.25) is 0 Å². The summed E-state index contributed by atoms with van der Waals surface area (Å²) in [4.78, 5) is 0. The van der Waals surface area contributed by atoms with Crippen LogP contribution < -0.4 is 10.1 Å². The summed E-state index contributed by atoms with van der Waals surface area (Å²) in [5.74, 6) is 0.842. The normalized spacial score (nSPS) is 21.4. The van der Waals surface area contributed by atoms with Gasteiger partial charge in [-0.3, -0.25) is 0 Å². The van der Waals surface area contributed by atoms with Crippen molar-refractivity contribution in [1.82, 2.24) is 5.32 Å². The second kappa shape index (κ2) is 8.98. The molecule has 0 aliphatic carbocycles. The van der Waals surface area contributed by atoms with Crippen molar-refractivity contribution in [2.75, 3.05) is 20.3 Å². The third-order valence-corrected chi connectivity index (χ3v) is 5.95. The fraction of sp³-hybridized carbons (Fsp3) is 0.500. The maximum absolute atomic E-state index is 13.0. The van der Waals surface area contributed by atoms with Crippen LogP contribution in [-0.2, 0) is 22.9 Å². The first-order chi connectivity index (χ1) is 14.2. The van der Waals surface area contributed by atoms with E-state index in [1.807, 2.05) is 38.1 Å². The highest BCUT2D eigenvalue weighted by atomic mass is 19.4. The molecule has 1 heterocycles. The van der Waals surface area contributed by atoms with Gasteiger partial charge in [-0.25, -0.2) is 0 Å². The van der Waals surface area contributed by atoms with Crippen molar-refractivity contribution in [2.45, 2.75) is 56.8 Å². The first-order valence-corrected chi connectivity index (χ1v) is 10.3. The van der Waals surface area contributed by atoms with Crippen LogP contribution in [-0.4, -0.2) is 25.9 Å². The van der Waals surface area contributed by atoms with Gasteiger partial charge < -0.3 is 14.8 Å². The lowest BCUT2D eigenvalue weighted by molar-refractivity contribution is -0.137. The standard InChI is InChI=1S/C24H30F3NO2/c1-22(2)17-23(13-15-30-22,19-8-10-20(11-9-19)24(25,26)27)12-14-28-16-18-6-4-5-7-21(18)29-3/h4-11,28H,12-17H2,1-3H3. The zero-order valence-corrected chi connectivity index (χ0v) is 17.8. The van der Waals surface area contributed by atoms with Gasteiger partial charge in [0, 0.05) is 24.1 Å². The molecule has 1 unspecified atom stereocenters. The van der Waals surface area contributed by atoms with E-state index in [2.05, 4.69) is 5.32 Å². The lowest BCUT2D eigenvalue weighted by atomic mass is 9.67. The van der Waals surface area contributed by atoms with Crippen LogP contribution in [0.1, 0.15) is 49.8 Å². The van der Waals surface area contributed by atoms with E-state index in [4.69, 9.17) is 9.47 Å². The Morgan fingerprint density at radius 3 is 2.40 bits per heavy atom. The number of hydrogen-bond acceptors (Lipinski definition) is 3. The number of hydrogen-bond donors (Lipinski definition) is 1. The number of benzene rings is 2. The first-order valence-electron chi connectivity index (χ1n) is 10.3. The van der Waals surface area contributed by atoms with Gasteiger partial charge in [0.25, 0.3) is 0 Å². The van der Waals surface area contributed by atoms with Crippen molar-refractivity contribution in [1.29, 1.82) is 0 Å². The van der Waals surface area contributed by atoms with Gasteiger partial charge in [0.1, 0.15) is 5.75 Å². The number of alkyl halides is 3. The third-order valence-electron chi connectivity index (χ3n) is 5.95. The van der Waals surface area contributed by atoms with Crippen LogP contribution in [0.3, 0.4) is 0 Å². The molecule has 2 aromatic rings. The molecule has 1 aliphatic heterocycles. The number of nitrogens with one attached hydrogen (secondary N) is 1. The van der Waals surface area contributed by atoms with Gasteiger partial charge in [-0.15, -0.1) is 0 Å². The highest BCUT2D eigenvalue weighted by Crippen LogP contribution is 2.44. The van der Waals surface area contributed by atoms with Crippen LogP contribution >= 0.6 is 0 Å². The summed E-state index contributed by atoms with van der Waals surface area (Å²) >= 11 is 0. The van der Waals surface area contributed by atoms with Gasteiger partial charge >= 0.3 is 6.18 Å². The molecule has 0 spiro atoms. The topological polar surface area (TPSA) is 30.5 Å². The Labute approximate surface area is 176 Å². The van der Waals surface area contributed by atoms with Crippen LogP contribution in [0.15, 0.2) is 48.5 Å². The van der Waals surface area contributed by atoms with Gasteiger partial charge in [-0.2, -0.15) is 13.2 Å². The smallest absolute Gasteiger partial charge is 0.416 e. The van der Waals surface area contributed by atoms with E-state index in [0.29, 0.717) is 13.2 Å². The van der Waals surface area contributed by atoms with E-state index in [1.165, 1.54) is 12.1 Å². The van der Waals surface area contributed by atoms with Gasteiger partial charge in [0.15, 0.2) is 0 Å². The molecule has 1 atom stereocenters. The van der Waals surface area contributed by atoms with E-state index in [1.54, 1.807) is 19.2 Å². The Morgan fingerprint density at radius 1 is 1.07 bits per heavy atom. The molecule has 164 valence electrons. The van der Waals surface area contributed by atoms with Gasteiger partial charge in [0.05, 0.1) is 18.3 Å². The molecule has 1 aliphatic rings. The maximum atomic E-state index is 13.0. The summed E-state index contributed by atoms with van der Waals surface area (Å²) in [7, 11) is 1.66. The van der Waals surface area contributed by atoms with Crippen molar-refractivity contribution in [3.8, 4) is 5.75 Å². The lowest BCUT2D eigenvalue weighted by Gasteiger charge is -2.45. The molecule has 0 radical (unpaired) electrons. The van der Waals surface area contributed by atoms with Crippen molar-refractivity contribution in [3.05, 3.63) is 65.2 Å². The first kappa shape index (κ1) is 22.6. The number of rotatable bonds is 7. The minimum atomic E-state index is -4.32. The Balaban J connectivity index is 1.74. The second-order valence-corrected chi connectivity index (χ2v) is 8.63. The van der Waals surface area contributed by atoms with Crippen LogP contribution in [0.5, 0.6) is 5.75 Å². The average Bonchev–Trinajstić information content (AvgIpc) is 2.70. The van der Waals surface area contributed by atoms with Crippen LogP contribution in [0.2, 0.25) is 0 Å². The number of halogens is 3. The summed E-state index contributed by atoms with van der Waals surface area (Å²) < 4.78 is 50.3. The van der Waals surface area contributed by atoms with E-state index in [9.17, 15) is 13.2 Å². The predicted octanol–water partition coefficient (Wildman–Crippen LogP) is 5.72. The van der Waals surface area contributed by atoms with Crippen molar-refractivity contribution >= 4 is 0 Å². The van der Waals surface area contributed by atoms with Gasteiger partial charge in [-0.05, 0) is 63.4 Å². The number of para-hydroxylation sites is 1. The third kappa shape index (κ3) is 5.35. The predicted molar refractivity (Wildman–Crippen MR) is 112 cm³/mol. The fourth-order valence-electron chi connectivity index (χ4n) is 4.49. The second-order valence-electron chi connectivity index (χ2n) is 8.63. The quantitative estimate of drug-likeness (QED) is 0.580. The van der Waals surface area contributed by atoms with Crippen molar-refractivity contribution < 1.29 is 22.6 Å². The van der Waals surface area contributed by atoms with Crippen molar-refractivity contribution in [2.24, 2.45) is 0 Å². The molecule has 30 heavy (non-hydrogen) atoms. The van der Waals surface area contributed by atoms with E-state index in [0.717, 1.165) is 42.7 Å².